The number of ether oxygens (including phenoxy) is 3. The van der Waals surface area contributed by atoms with E-state index in [-0.39, 0.29) is 5.97 Å². The molecule has 6 aromatic carbocycles. The molecule has 0 bridgehead atoms. The Hall–Kier alpha value is -6.27. The summed E-state index contributed by atoms with van der Waals surface area (Å²) in [5.74, 6) is 0.774. The molecule has 6 aromatic rings. The molecule has 0 N–H and O–H groups in total. The van der Waals surface area contributed by atoms with Crippen LogP contribution in [0, 0.1) is 13.8 Å². The topological polar surface area (TPSA) is 57.1 Å². The maximum Gasteiger partial charge on any atom is 0.330 e. The standard InChI is InChI=1S/C39H43FO4.C16H15N/c1-5-11-30-12-22-37(28(3)26-30)33-17-23-36(29(4)27-33)31-13-20-35(21-14-31)44-39(40)32-15-18-34(19-16-32)42-24-9-7-8-10-25-43-38(41)6-2;1-11(17-2)12-7-8-16-14(9-12)10-13-5-3-4-6-15(13)16/h6,12-23,26-27,39H,2,5,7-11,24-25H2,1,3-4H3;3-9H,10H2,1-2H3. The molecule has 0 spiro atoms. The number of alkyl halides is 1. The van der Waals surface area contributed by atoms with Crippen molar-refractivity contribution in [2.24, 2.45) is 4.99 Å². The van der Waals surface area contributed by atoms with Gasteiger partial charge in [-0.15, -0.1) is 0 Å². The Balaban J connectivity index is 0.000000301. The van der Waals surface area contributed by atoms with Gasteiger partial charge in [-0.2, -0.15) is 4.39 Å². The lowest BCUT2D eigenvalue weighted by atomic mass is 9.93. The monoisotopic (exact) mass is 815 g/mol. The van der Waals surface area contributed by atoms with Crippen LogP contribution in [0.2, 0.25) is 0 Å². The van der Waals surface area contributed by atoms with Gasteiger partial charge < -0.3 is 14.2 Å². The molecule has 61 heavy (non-hydrogen) atoms. The molecule has 5 nitrogen and oxygen atoms in total. The highest BCUT2D eigenvalue weighted by Gasteiger charge is 2.18. The zero-order chi connectivity index (χ0) is 43.1. The summed E-state index contributed by atoms with van der Waals surface area (Å²) in [5, 5.41) is 0. The highest BCUT2D eigenvalue weighted by molar-refractivity contribution is 5.99. The van der Waals surface area contributed by atoms with Gasteiger partial charge in [-0.1, -0.05) is 105 Å². The summed E-state index contributed by atoms with van der Waals surface area (Å²) in [4.78, 5) is 15.3. The highest BCUT2D eigenvalue weighted by atomic mass is 19.1. The molecule has 6 heteroatoms. The number of hydrogen-bond donors (Lipinski definition) is 0. The number of aliphatic imine (C=N–C) groups is 1. The van der Waals surface area contributed by atoms with E-state index in [2.05, 4.69) is 118 Å². The molecule has 1 aliphatic carbocycles. The molecule has 1 aliphatic rings. The minimum Gasteiger partial charge on any atom is -0.494 e. The highest BCUT2D eigenvalue weighted by Crippen LogP contribution is 2.37. The molecule has 314 valence electrons. The van der Waals surface area contributed by atoms with Crippen molar-refractivity contribution in [3.8, 4) is 44.9 Å². The van der Waals surface area contributed by atoms with Crippen molar-refractivity contribution in [1.29, 1.82) is 0 Å². The number of rotatable bonds is 17. The summed E-state index contributed by atoms with van der Waals surface area (Å²) in [5.41, 5.74) is 16.9. The van der Waals surface area contributed by atoms with Crippen molar-refractivity contribution in [3.63, 3.8) is 0 Å². The van der Waals surface area contributed by atoms with E-state index < -0.39 is 6.36 Å². The number of fused-ring (bicyclic) bond motifs is 3. The second kappa shape index (κ2) is 21.8. The van der Waals surface area contributed by atoms with Crippen molar-refractivity contribution in [2.45, 2.75) is 79.0 Å². The number of aryl methyl sites for hydroxylation is 3. The van der Waals surface area contributed by atoms with E-state index in [0.717, 1.165) is 61.8 Å². The normalized spacial score (nSPS) is 12.1. The number of unbranched alkanes of at least 4 members (excludes halogenated alkanes) is 3. The fourth-order valence-corrected chi connectivity index (χ4v) is 7.74. The molecule has 0 radical (unpaired) electrons. The number of carbonyl (C=O) groups excluding carboxylic acids is 1. The van der Waals surface area contributed by atoms with Crippen LogP contribution in [-0.4, -0.2) is 31.9 Å². The SMILES string of the molecule is C=CC(=O)OCCCCCCOc1ccc(C(F)Oc2ccc(-c3ccc(-c4ccc(CCC)cc4C)cc3C)cc2)cc1.CN=C(C)c1ccc2c(c1)Cc1ccccc1-2. The van der Waals surface area contributed by atoms with Gasteiger partial charge in [0.05, 0.1) is 13.2 Å². The molecule has 0 aliphatic heterocycles. The molecule has 0 saturated carbocycles. The molecule has 0 aromatic heterocycles. The Morgan fingerprint density at radius 1 is 0.721 bits per heavy atom. The van der Waals surface area contributed by atoms with E-state index >= 15 is 0 Å². The van der Waals surface area contributed by atoms with Crippen LogP contribution in [0.1, 0.15) is 91.3 Å². The third-order valence-electron chi connectivity index (χ3n) is 11.2. The van der Waals surface area contributed by atoms with Crippen molar-refractivity contribution in [2.75, 3.05) is 20.3 Å². The first kappa shape index (κ1) is 44.3. The predicted octanol–water partition coefficient (Wildman–Crippen LogP) is 14.0. The summed E-state index contributed by atoms with van der Waals surface area (Å²) < 4.78 is 31.3. The number of halogens is 1. The van der Waals surface area contributed by atoms with Gasteiger partial charge in [0, 0.05) is 24.4 Å². The maximum atomic E-state index is 15.0. The van der Waals surface area contributed by atoms with Crippen LogP contribution >= 0.6 is 0 Å². The molecule has 0 saturated heterocycles. The quantitative estimate of drug-likeness (QED) is 0.0398. The van der Waals surface area contributed by atoms with E-state index in [9.17, 15) is 9.18 Å². The van der Waals surface area contributed by atoms with E-state index in [1.807, 2.05) is 31.3 Å². The predicted molar refractivity (Wildman–Crippen MR) is 250 cm³/mol. The fourth-order valence-electron chi connectivity index (χ4n) is 7.74. The smallest absolute Gasteiger partial charge is 0.330 e. The summed E-state index contributed by atoms with van der Waals surface area (Å²) in [6.07, 6.45) is 6.51. The Labute approximate surface area is 362 Å². The van der Waals surface area contributed by atoms with Crippen molar-refractivity contribution in [3.05, 3.63) is 179 Å². The third-order valence-corrected chi connectivity index (χ3v) is 11.2. The van der Waals surface area contributed by atoms with Gasteiger partial charge in [0.1, 0.15) is 11.5 Å². The van der Waals surface area contributed by atoms with E-state index in [4.69, 9.17) is 14.2 Å². The Kier molecular flexibility index (Phi) is 15.8. The van der Waals surface area contributed by atoms with E-state index in [1.54, 1.807) is 24.3 Å². The lowest BCUT2D eigenvalue weighted by molar-refractivity contribution is -0.137. The molecular weight excluding hydrogens is 758 g/mol. The summed E-state index contributed by atoms with van der Waals surface area (Å²) in [6, 6.07) is 43.1. The number of hydrogen-bond acceptors (Lipinski definition) is 5. The Morgan fingerprint density at radius 3 is 2.07 bits per heavy atom. The summed E-state index contributed by atoms with van der Waals surface area (Å²) in [6.45, 7) is 12.9. The minimum atomic E-state index is -1.59. The van der Waals surface area contributed by atoms with Crippen LogP contribution in [0.3, 0.4) is 0 Å². The largest absolute Gasteiger partial charge is 0.494 e. The maximum absolute atomic E-state index is 15.0. The molecule has 0 amide bonds. The summed E-state index contributed by atoms with van der Waals surface area (Å²) >= 11 is 0. The van der Waals surface area contributed by atoms with Gasteiger partial charge in [0.2, 0.25) is 0 Å². The minimum absolute atomic E-state index is 0.387. The number of carbonyl (C=O) groups is 1. The molecule has 0 heterocycles. The zero-order valence-electron chi connectivity index (χ0n) is 36.3. The molecule has 7 rings (SSSR count). The van der Waals surface area contributed by atoms with Gasteiger partial charge in [-0.3, -0.25) is 4.99 Å². The third kappa shape index (κ3) is 11.9. The lowest BCUT2D eigenvalue weighted by Gasteiger charge is -2.14. The van der Waals surface area contributed by atoms with Gasteiger partial charge in [-0.25, -0.2) is 4.79 Å². The second-order valence-corrected chi connectivity index (χ2v) is 15.6. The Bertz CT molecular complexity index is 2430. The average Bonchev–Trinajstić information content (AvgIpc) is 3.66. The summed E-state index contributed by atoms with van der Waals surface area (Å²) in [7, 11) is 1.84. The van der Waals surface area contributed by atoms with Crippen molar-refractivity contribution >= 4 is 11.7 Å². The van der Waals surface area contributed by atoms with Crippen LogP contribution in [0.5, 0.6) is 11.5 Å². The number of esters is 1. The molecule has 1 atom stereocenters. The average molecular weight is 816 g/mol. The van der Waals surface area contributed by atoms with Crippen molar-refractivity contribution < 1.29 is 23.4 Å². The van der Waals surface area contributed by atoms with E-state index in [1.165, 1.54) is 61.7 Å². The van der Waals surface area contributed by atoms with Crippen LogP contribution in [0.15, 0.2) is 145 Å². The van der Waals surface area contributed by atoms with E-state index in [0.29, 0.717) is 30.3 Å². The van der Waals surface area contributed by atoms with Crippen LogP contribution in [0.25, 0.3) is 33.4 Å². The fraction of sp³-hybridized carbons (Fsp3) is 0.273. The van der Waals surface area contributed by atoms with Crippen LogP contribution in [-0.2, 0) is 22.4 Å². The first-order valence-electron chi connectivity index (χ1n) is 21.5. The van der Waals surface area contributed by atoms with Crippen LogP contribution in [0.4, 0.5) is 4.39 Å². The van der Waals surface area contributed by atoms with Gasteiger partial charge >= 0.3 is 5.97 Å². The molecular formula is C55H58FNO4. The zero-order valence-corrected chi connectivity index (χ0v) is 36.3. The van der Waals surface area contributed by atoms with Gasteiger partial charge in [-0.05, 0) is 169 Å². The van der Waals surface area contributed by atoms with Gasteiger partial charge in [0.15, 0.2) is 0 Å². The first-order valence-corrected chi connectivity index (χ1v) is 21.5. The van der Waals surface area contributed by atoms with Crippen molar-refractivity contribution in [1.82, 2.24) is 0 Å². The van der Waals surface area contributed by atoms with Gasteiger partial charge in [0.25, 0.3) is 6.36 Å². The second-order valence-electron chi connectivity index (χ2n) is 15.6. The number of nitrogens with zero attached hydrogens (tertiary/aromatic N) is 1. The first-order chi connectivity index (χ1) is 29.7. The molecule has 0 fully saturated rings. The Morgan fingerprint density at radius 2 is 1.36 bits per heavy atom. The lowest BCUT2D eigenvalue weighted by Crippen LogP contribution is -2.03. The number of benzene rings is 6. The van der Waals surface area contributed by atoms with Crippen LogP contribution < -0.4 is 9.47 Å². The molecule has 1 unspecified atom stereocenters.